The molecule has 0 saturated carbocycles. The van der Waals surface area contributed by atoms with Crippen LogP contribution >= 0.6 is 0 Å². The second-order valence-corrected chi connectivity index (χ2v) is 5.32. The van der Waals surface area contributed by atoms with E-state index >= 15 is 0 Å². The maximum Gasteiger partial charge on any atom is 0.0877 e. The van der Waals surface area contributed by atoms with E-state index in [0.29, 0.717) is 6.42 Å². The predicted octanol–water partition coefficient (Wildman–Crippen LogP) is 4.61. The van der Waals surface area contributed by atoms with Crippen LogP contribution < -0.4 is 0 Å². The summed E-state index contributed by atoms with van der Waals surface area (Å²) in [6.07, 6.45) is 0.699. The fourth-order valence-electron chi connectivity index (χ4n) is 2.77. The number of rotatable bonds is 2. The third kappa shape index (κ3) is 1.91. The summed E-state index contributed by atoms with van der Waals surface area (Å²) in [5.41, 5.74) is 0.240. The van der Waals surface area contributed by atoms with Gasteiger partial charge >= 0.3 is 0 Å². The number of hydrogen-bond donors (Lipinski definition) is 1. The van der Waals surface area contributed by atoms with Crippen molar-refractivity contribution < 1.29 is 5.11 Å². The van der Waals surface area contributed by atoms with E-state index in [2.05, 4.69) is 30.3 Å². The van der Waals surface area contributed by atoms with E-state index in [-0.39, 0.29) is 0 Å². The summed E-state index contributed by atoms with van der Waals surface area (Å²) in [6, 6.07) is 18.8. The van der Waals surface area contributed by atoms with Crippen LogP contribution in [-0.4, -0.2) is 5.11 Å². The molecule has 3 aromatic rings. The molecular formula is C18H18O. The van der Waals surface area contributed by atoms with Gasteiger partial charge in [-0.3, -0.25) is 0 Å². The van der Waals surface area contributed by atoms with Gasteiger partial charge < -0.3 is 5.11 Å². The lowest BCUT2D eigenvalue weighted by atomic mass is 9.85. The van der Waals surface area contributed by atoms with E-state index in [1.807, 2.05) is 38.1 Å². The van der Waals surface area contributed by atoms with Crippen molar-refractivity contribution in [3.63, 3.8) is 0 Å². The monoisotopic (exact) mass is 250 g/mol. The van der Waals surface area contributed by atoms with Gasteiger partial charge in [0.25, 0.3) is 0 Å². The normalized spacial score (nSPS) is 14.7. The molecule has 1 unspecified atom stereocenters. The molecule has 19 heavy (non-hydrogen) atoms. The first kappa shape index (κ1) is 12.2. The first-order valence-corrected chi connectivity index (χ1v) is 6.77. The van der Waals surface area contributed by atoms with Crippen LogP contribution in [0.4, 0.5) is 0 Å². The average molecular weight is 250 g/mol. The lowest BCUT2D eigenvalue weighted by Crippen LogP contribution is -2.20. The van der Waals surface area contributed by atoms with E-state index in [0.717, 1.165) is 16.3 Å². The standard InChI is InChI=1S/C18H18O/c1-3-18(2,19)17-15-10-6-4-8-13(15)12-14-9-5-7-11-16(14)17/h4-12,19H,3H2,1-2H3. The van der Waals surface area contributed by atoms with E-state index in [1.165, 1.54) is 10.8 Å². The van der Waals surface area contributed by atoms with Gasteiger partial charge in [-0.2, -0.15) is 0 Å². The van der Waals surface area contributed by atoms with Gasteiger partial charge in [-0.15, -0.1) is 0 Å². The highest BCUT2D eigenvalue weighted by Gasteiger charge is 2.25. The van der Waals surface area contributed by atoms with Crippen molar-refractivity contribution in [1.82, 2.24) is 0 Å². The van der Waals surface area contributed by atoms with Gasteiger partial charge in [0.05, 0.1) is 5.60 Å². The number of benzene rings is 3. The van der Waals surface area contributed by atoms with Crippen LogP contribution in [0.2, 0.25) is 0 Å². The molecule has 0 amide bonds. The third-order valence-corrected chi connectivity index (χ3v) is 4.00. The van der Waals surface area contributed by atoms with Crippen molar-refractivity contribution >= 4 is 21.5 Å². The molecule has 96 valence electrons. The topological polar surface area (TPSA) is 20.2 Å². The molecule has 0 saturated heterocycles. The van der Waals surface area contributed by atoms with Crippen molar-refractivity contribution in [3.05, 3.63) is 60.2 Å². The van der Waals surface area contributed by atoms with Crippen LogP contribution in [0.5, 0.6) is 0 Å². The fourth-order valence-corrected chi connectivity index (χ4v) is 2.77. The zero-order valence-electron chi connectivity index (χ0n) is 11.4. The lowest BCUT2D eigenvalue weighted by Gasteiger charge is -2.26. The SMILES string of the molecule is CCC(C)(O)c1c2ccccc2cc2ccccc12. The molecule has 1 heteroatoms. The molecule has 0 aliphatic carbocycles. The van der Waals surface area contributed by atoms with Crippen LogP contribution in [0.1, 0.15) is 25.8 Å². The summed E-state index contributed by atoms with van der Waals surface area (Å²) in [5.74, 6) is 0. The van der Waals surface area contributed by atoms with Crippen LogP contribution in [0.15, 0.2) is 54.6 Å². The smallest absolute Gasteiger partial charge is 0.0877 e. The lowest BCUT2D eigenvalue weighted by molar-refractivity contribution is 0.0561. The van der Waals surface area contributed by atoms with Crippen LogP contribution in [0.25, 0.3) is 21.5 Å². The molecule has 1 nitrogen and oxygen atoms in total. The van der Waals surface area contributed by atoms with E-state index in [1.54, 1.807) is 0 Å². The number of aliphatic hydroxyl groups is 1. The van der Waals surface area contributed by atoms with E-state index < -0.39 is 5.60 Å². The molecule has 0 aromatic heterocycles. The Morgan fingerprint density at radius 3 is 1.84 bits per heavy atom. The van der Waals surface area contributed by atoms with Crippen molar-refractivity contribution in [2.24, 2.45) is 0 Å². The molecular weight excluding hydrogens is 232 g/mol. The van der Waals surface area contributed by atoms with Crippen LogP contribution in [0, 0.1) is 0 Å². The van der Waals surface area contributed by atoms with Crippen molar-refractivity contribution in [3.8, 4) is 0 Å². The van der Waals surface area contributed by atoms with Gasteiger partial charge in [0, 0.05) is 0 Å². The van der Waals surface area contributed by atoms with Gasteiger partial charge in [0.2, 0.25) is 0 Å². The van der Waals surface area contributed by atoms with Gasteiger partial charge in [0.15, 0.2) is 0 Å². The molecule has 3 aromatic carbocycles. The second-order valence-electron chi connectivity index (χ2n) is 5.32. The van der Waals surface area contributed by atoms with Crippen molar-refractivity contribution in [2.45, 2.75) is 25.9 Å². The molecule has 0 bridgehead atoms. The summed E-state index contributed by atoms with van der Waals surface area (Å²) < 4.78 is 0. The number of hydrogen-bond acceptors (Lipinski definition) is 1. The first-order chi connectivity index (χ1) is 9.13. The summed E-state index contributed by atoms with van der Waals surface area (Å²) in [7, 11) is 0. The Morgan fingerprint density at radius 1 is 0.895 bits per heavy atom. The molecule has 0 spiro atoms. The molecule has 0 radical (unpaired) electrons. The molecule has 0 aliphatic rings. The Bertz CT molecular complexity index is 687. The first-order valence-electron chi connectivity index (χ1n) is 6.77. The van der Waals surface area contributed by atoms with Gasteiger partial charge in [-0.25, -0.2) is 0 Å². The summed E-state index contributed by atoms with van der Waals surface area (Å²) in [6.45, 7) is 3.93. The molecule has 1 N–H and O–H groups in total. The van der Waals surface area contributed by atoms with Crippen molar-refractivity contribution in [1.29, 1.82) is 0 Å². The highest BCUT2D eigenvalue weighted by atomic mass is 16.3. The second kappa shape index (κ2) is 4.36. The van der Waals surface area contributed by atoms with Gasteiger partial charge in [0.1, 0.15) is 0 Å². The largest absolute Gasteiger partial charge is 0.385 e. The zero-order valence-corrected chi connectivity index (χ0v) is 11.4. The minimum absolute atomic E-state index is 0.699. The molecule has 3 rings (SSSR count). The summed E-state index contributed by atoms with van der Waals surface area (Å²) >= 11 is 0. The van der Waals surface area contributed by atoms with E-state index in [4.69, 9.17) is 0 Å². The maximum atomic E-state index is 10.8. The Hall–Kier alpha value is -1.86. The quantitative estimate of drug-likeness (QED) is 0.658. The Labute approximate surface area is 113 Å². The van der Waals surface area contributed by atoms with E-state index in [9.17, 15) is 5.11 Å². The highest BCUT2D eigenvalue weighted by molar-refractivity contribution is 6.02. The predicted molar refractivity (Wildman–Crippen MR) is 81.3 cm³/mol. The molecule has 0 aliphatic heterocycles. The molecule has 0 fully saturated rings. The zero-order chi connectivity index (χ0) is 13.5. The number of fused-ring (bicyclic) bond motifs is 2. The van der Waals surface area contributed by atoms with Gasteiger partial charge in [-0.1, -0.05) is 55.5 Å². The maximum absolute atomic E-state index is 10.8. The Kier molecular flexibility index (Phi) is 2.79. The van der Waals surface area contributed by atoms with Crippen LogP contribution in [-0.2, 0) is 5.60 Å². The summed E-state index contributed by atoms with van der Waals surface area (Å²) in [4.78, 5) is 0. The third-order valence-electron chi connectivity index (χ3n) is 4.00. The molecule has 0 heterocycles. The Balaban J connectivity index is 2.54. The average Bonchev–Trinajstić information content (AvgIpc) is 2.44. The molecule has 1 atom stereocenters. The van der Waals surface area contributed by atoms with Crippen molar-refractivity contribution in [2.75, 3.05) is 0 Å². The summed E-state index contributed by atoms with van der Waals surface area (Å²) in [5, 5.41) is 15.5. The van der Waals surface area contributed by atoms with Crippen LogP contribution in [0.3, 0.4) is 0 Å². The minimum atomic E-state index is -0.805. The highest BCUT2D eigenvalue weighted by Crippen LogP contribution is 2.37. The fraction of sp³-hybridized carbons (Fsp3) is 0.222. The van der Waals surface area contributed by atoms with Gasteiger partial charge in [-0.05, 0) is 46.5 Å². The Morgan fingerprint density at radius 2 is 1.37 bits per heavy atom. The minimum Gasteiger partial charge on any atom is -0.385 e.